The average molecular weight is 476 g/mol. The molecule has 1 atom stereocenters. The van der Waals surface area contributed by atoms with Crippen molar-refractivity contribution >= 4 is 11.7 Å². The lowest BCUT2D eigenvalue weighted by Crippen LogP contribution is -2.56. The summed E-state index contributed by atoms with van der Waals surface area (Å²) in [6, 6.07) is 2.98. The van der Waals surface area contributed by atoms with Crippen LogP contribution in [0.1, 0.15) is 68.6 Å². The van der Waals surface area contributed by atoms with Gasteiger partial charge >= 0.3 is 0 Å². The Balaban J connectivity index is 1.59. The SMILES string of the molecule is CC/C=C\C/C=C\C/C=C\C/C=C\C/C=C\CCCC(=O)N1CCNCC1C(=O)c1ccncc1. The zero-order valence-corrected chi connectivity index (χ0v) is 21.1. The highest BCUT2D eigenvalue weighted by molar-refractivity contribution is 6.02. The summed E-state index contributed by atoms with van der Waals surface area (Å²) >= 11 is 0. The summed E-state index contributed by atoms with van der Waals surface area (Å²) in [6.45, 7) is 3.94. The van der Waals surface area contributed by atoms with Gasteiger partial charge in [-0.3, -0.25) is 14.6 Å². The Labute approximate surface area is 211 Å². The first kappa shape index (κ1) is 28.2. The van der Waals surface area contributed by atoms with Crippen molar-refractivity contribution < 1.29 is 9.59 Å². The number of unbranched alkanes of at least 4 members (excludes halogenated alkanes) is 1. The summed E-state index contributed by atoms with van der Waals surface area (Å²) in [5.74, 6) is 0.0389. The summed E-state index contributed by atoms with van der Waals surface area (Å²) in [7, 11) is 0. The van der Waals surface area contributed by atoms with Crippen LogP contribution in [0.3, 0.4) is 0 Å². The minimum Gasteiger partial charge on any atom is -0.330 e. The van der Waals surface area contributed by atoms with E-state index in [4.69, 9.17) is 0 Å². The van der Waals surface area contributed by atoms with Gasteiger partial charge in [-0.25, -0.2) is 0 Å². The Kier molecular flexibility index (Phi) is 14.7. The number of piperazine rings is 1. The van der Waals surface area contributed by atoms with Crippen LogP contribution in [0.2, 0.25) is 0 Å². The third kappa shape index (κ3) is 11.8. The number of allylic oxidation sites excluding steroid dienone is 10. The van der Waals surface area contributed by atoms with Crippen molar-refractivity contribution in [3.05, 3.63) is 90.9 Å². The van der Waals surface area contributed by atoms with E-state index in [0.717, 1.165) is 51.5 Å². The molecule has 1 aliphatic heterocycles. The maximum atomic E-state index is 12.9. The Hall–Kier alpha value is -3.05. The van der Waals surface area contributed by atoms with Crippen molar-refractivity contribution in [2.75, 3.05) is 19.6 Å². The topological polar surface area (TPSA) is 62.3 Å². The molecule has 0 radical (unpaired) electrons. The molecule has 2 heterocycles. The van der Waals surface area contributed by atoms with Gasteiger partial charge in [0.1, 0.15) is 6.04 Å². The van der Waals surface area contributed by atoms with Crippen LogP contribution >= 0.6 is 0 Å². The molecule has 1 saturated heterocycles. The first-order valence-corrected chi connectivity index (χ1v) is 12.9. The molecule has 1 N–H and O–H groups in total. The number of rotatable bonds is 15. The Morgan fingerprint density at radius 2 is 1.49 bits per heavy atom. The van der Waals surface area contributed by atoms with E-state index < -0.39 is 6.04 Å². The molecule has 188 valence electrons. The smallest absolute Gasteiger partial charge is 0.223 e. The van der Waals surface area contributed by atoms with E-state index in [-0.39, 0.29) is 11.7 Å². The summed E-state index contributed by atoms with van der Waals surface area (Å²) < 4.78 is 0. The van der Waals surface area contributed by atoms with Crippen molar-refractivity contribution in [2.24, 2.45) is 0 Å². The second-order valence-electron chi connectivity index (χ2n) is 8.51. The second-order valence-corrected chi connectivity index (χ2v) is 8.51. The maximum Gasteiger partial charge on any atom is 0.223 e. The van der Waals surface area contributed by atoms with Gasteiger partial charge in [0, 0.05) is 44.0 Å². The van der Waals surface area contributed by atoms with E-state index in [1.54, 1.807) is 29.4 Å². The highest BCUT2D eigenvalue weighted by Gasteiger charge is 2.32. The van der Waals surface area contributed by atoms with Crippen LogP contribution in [-0.2, 0) is 4.79 Å². The zero-order valence-electron chi connectivity index (χ0n) is 21.1. The summed E-state index contributed by atoms with van der Waals surface area (Å²) in [6.07, 6.45) is 32.2. The van der Waals surface area contributed by atoms with Crippen molar-refractivity contribution in [3.8, 4) is 0 Å². The van der Waals surface area contributed by atoms with Crippen LogP contribution < -0.4 is 5.32 Å². The number of Topliss-reactive ketones (excluding diaryl/α,β-unsaturated/α-hetero) is 1. The fourth-order valence-corrected chi connectivity index (χ4v) is 3.83. The molecule has 2 rings (SSSR count). The number of aromatic nitrogens is 1. The molecule has 35 heavy (non-hydrogen) atoms. The third-order valence-corrected chi connectivity index (χ3v) is 5.75. The molecule has 1 fully saturated rings. The Morgan fingerprint density at radius 3 is 2.09 bits per heavy atom. The lowest BCUT2D eigenvalue weighted by Gasteiger charge is -2.35. The maximum absolute atomic E-state index is 12.9. The minimum atomic E-state index is -0.438. The average Bonchev–Trinajstić information content (AvgIpc) is 2.90. The fourth-order valence-electron chi connectivity index (χ4n) is 3.83. The molecule has 0 aromatic carbocycles. The molecular formula is C30H41N3O2. The molecule has 0 saturated carbocycles. The van der Waals surface area contributed by atoms with Crippen LogP contribution in [0.4, 0.5) is 0 Å². The highest BCUT2D eigenvalue weighted by Crippen LogP contribution is 2.14. The predicted octanol–water partition coefficient (Wildman–Crippen LogP) is 5.99. The number of nitrogens with one attached hydrogen (secondary N) is 1. The van der Waals surface area contributed by atoms with E-state index in [0.29, 0.717) is 25.1 Å². The third-order valence-electron chi connectivity index (χ3n) is 5.75. The standard InChI is InChI=1S/C30H41N3O2/c1-2-3-4-5-6-7-8-9-10-11-12-13-14-15-16-17-18-19-29(34)33-25-24-32-26-28(33)30(35)27-20-22-31-23-21-27/h3-4,6-7,9-10,12-13,15-16,20-23,28,32H,2,5,8,11,14,17-19,24-26H2,1H3/b4-3-,7-6-,10-9-,13-12-,16-15-. The molecule has 1 aromatic heterocycles. The molecule has 1 amide bonds. The molecule has 1 unspecified atom stereocenters. The van der Waals surface area contributed by atoms with Crippen LogP contribution in [0.5, 0.6) is 0 Å². The highest BCUT2D eigenvalue weighted by atomic mass is 16.2. The first-order valence-electron chi connectivity index (χ1n) is 12.9. The number of carbonyl (C=O) groups is 2. The van der Waals surface area contributed by atoms with Crippen molar-refractivity contribution in [1.82, 2.24) is 15.2 Å². The van der Waals surface area contributed by atoms with Gasteiger partial charge in [-0.05, 0) is 57.1 Å². The normalized spacial score (nSPS) is 17.1. The van der Waals surface area contributed by atoms with Gasteiger partial charge in [-0.15, -0.1) is 0 Å². The Bertz CT molecular complexity index is 884. The number of carbonyl (C=O) groups excluding carboxylic acids is 2. The van der Waals surface area contributed by atoms with Crippen LogP contribution in [0.15, 0.2) is 85.3 Å². The van der Waals surface area contributed by atoms with Gasteiger partial charge in [0.05, 0.1) is 0 Å². The van der Waals surface area contributed by atoms with Gasteiger partial charge in [0.15, 0.2) is 5.78 Å². The molecule has 0 bridgehead atoms. The molecule has 0 aliphatic carbocycles. The summed E-state index contributed by atoms with van der Waals surface area (Å²) in [4.78, 5) is 31.4. The van der Waals surface area contributed by atoms with E-state index in [9.17, 15) is 9.59 Å². The van der Waals surface area contributed by atoms with Crippen LogP contribution in [-0.4, -0.2) is 47.3 Å². The lowest BCUT2D eigenvalue weighted by molar-refractivity contribution is -0.133. The Morgan fingerprint density at radius 1 is 0.914 bits per heavy atom. The molecular weight excluding hydrogens is 434 g/mol. The number of amides is 1. The van der Waals surface area contributed by atoms with E-state index in [1.165, 1.54) is 0 Å². The second kappa shape index (κ2) is 18.3. The van der Waals surface area contributed by atoms with Gasteiger partial charge in [0.2, 0.25) is 5.91 Å². The van der Waals surface area contributed by atoms with Gasteiger partial charge in [-0.1, -0.05) is 67.7 Å². The summed E-state index contributed by atoms with van der Waals surface area (Å²) in [5, 5.41) is 3.24. The van der Waals surface area contributed by atoms with Crippen LogP contribution in [0, 0.1) is 0 Å². The lowest BCUT2D eigenvalue weighted by atomic mass is 10.0. The quantitative estimate of drug-likeness (QED) is 0.192. The molecule has 5 heteroatoms. The monoisotopic (exact) mass is 475 g/mol. The first-order chi connectivity index (χ1) is 17.2. The molecule has 1 aliphatic rings. The van der Waals surface area contributed by atoms with Crippen molar-refractivity contribution in [3.63, 3.8) is 0 Å². The van der Waals surface area contributed by atoms with Gasteiger partial charge < -0.3 is 10.2 Å². The van der Waals surface area contributed by atoms with Gasteiger partial charge in [-0.2, -0.15) is 0 Å². The van der Waals surface area contributed by atoms with E-state index >= 15 is 0 Å². The number of hydrogen-bond donors (Lipinski definition) is 1. The van der Waals surface area contributed by atoms with E-state index in [2.05, 4.69) is 78.0 Å². The molecule has 0 spiro atoms. The number of pyridine rings is 1. The summed E-state index contributed by atoms with van der Waals surface area (Å²) in [5.41, 5.74) is 0.602. The number of hydrogen-bond acceptors (Lipinski definition) is 4. The largest absolute Gasteiger partial charge is 0.330 e. The molecule has 1 aromatic rings. The molecule has 5 nitrogen and oxygen atoms in total. The fraction of sp³-hybridized carbons (Fsp3) is 0.433. The van der Waals surface area contributed by atoms with Crippen LogP contribution in [0.25, 0.3) is 0 Å². The minimum absolute atomic E-state index is 0.0224. The number of ketones is 1. The van der Waals surface area contributed by atoms with Crippen molar-refractivity contribution in [2.45, 2.75) is 64.3 Å². The van der Waals surface area contributed by atoms with E-state index in [1.807, 2.05) is 0 Å². The van der Waals surface area contributed by atoms with Crippen molar-refractivity contribution in [1.29, 1.82) is 0 Å². The zero-order chi connectivity index (χ0) is 25.0. The predicted molar refractivity (Wildman–Crippen MR) is 145 cm³/mol. The van der Waals surface area contributed by atoms with Gasteiger partial charge in [0.25, 0.3) is 0 Å². The number of nitrogens with zero attached hydrogens (tertiary/aromatic N) is 2.